The summed E-state index contributed by atoms with van der Waals surface area (Å²) >= 11 is 0. The van der Waals surface area contributed by atoms with Crippen LogP contribution < -0.4 is 0 Å². The first-order chi connectivity index (χ1) is 12.7. The molecule has 144 valence electrons. The molecule has 0 aromatic carbocycles. The van der Waals surface area contributed by atoms with Crippen LogP contribution >= 0.6 is 0 Å². The number of carbonyl (C=O) groups excluding carboxylic acids is 2. The third-order valence-corrected chi connectivity index (χ3v) is 5.66. The van der Waals surface area contributed by atoms with Crippen molar-refractivity contribution in [2.45, 2.75) is 31.0 Å². The van der Waals surface area contributed by atoms with Gasteiger partial charge in [0.15, 0.2) is 5.69 Å². The molecule has 0 aliphatic carbocycles. The lowest BCUT2D eigenvalue weighted by Gasteiger charge is -2.29. The molecule has 2 amide bonds. The summed E-state index contributed by atoms with van der Waals surface area (Å²) in [6.07, 6.45) is 3.29. The van der Waals surface area contributed by atoms with E-state index in [0.29, 0.717) is 18.8 Å². The molecule has 1 aliphatic rings. The molecule has 1 aliphatic heterocycles. The number of hydrogen-bond donors (Lipinski definition) is 1. The predicted octanol–water partition coefficient (Wildman–Crippen LogP) is -0.168. The van der Waals surface area contributed by atoms with E-state index in [4.69, 9.17) is 0 Å². The maximum Gasteiger partial charge on any atom is 0.305 e. The first-order valence-corrected chi connectivity index (χ1v) is 9.87. The number of fused-ring (bicyclic) bond motifs is 1. The third kappa shape index (κ3) is 3.85. The van der Waals surface area contributed by atoms with E-state index in [1.807, 2.05) is 0 Å². The van der Waals surface area contributed by atoms with Gasteiger partial charge in [-0.1, -0.05) is 0 Å². The number of carbonyl (C=O) groups is 2. The number of amides is 2. The van der Waals surface area contributed by atoms with E-state index >= 15 is 0 Å². The second-order valence-electron chi connectivity index (χ2n) is 6.04. The molecule has 12 heteroatoms. The summed E-state index contributed by atoms with van der Waals surface area (Å²) in [6.45, 7) is 2.14. The molecule has 0 fully saturated rings. The van der Waals surface area contributed by atoms with Crippen LogP contribution in [0.2, 0.25) is 0 Å². The van der Waals surface area contributed by atoms with Crippen molar-refractivity contribution < 1.29 is 23.3 Å². The van der Waals surface area contributed by atoms with Crippen LogP contribution in [0.25, 0.3) is 0 Å². The summed E-state index contributed by atoms with van der Waals surface area (Å²) in [4.78, 5) is 32.7. The second kappa shape index (κ2) is 7.12. The van der Waals surface area contributed by atoms with Crippen molar-refractivity contribution in [2.75, 3.05) is 12.8 Å². The predicted molar refractivity (Wildman–Crippen MR) is 90.4 cm³/mol. The standard InChI is InChI=1S/C15H17FN6O4S/c1-9(23)15(25)21-3-4-22-11(8-21)12(6-18-22)27(2,26)20-14(24)10-5-17-7-13(16)19-10/h5-7,9,23H,3-4,8H2,1-2H3. The Labute approximate surface area is 154 Å². The molecule has 2 aromatic heterocycles. The van der Waals surface area contributed by atoms with Gasteiger partial charge in [-0.3, -0.25) is 19.3 Å². The minimum absolute atomic E-state index is 0.0768. The second-order valence-corrected chi connectivity index (χ2v) is 8.27. The van der Waals surface area contributed by atoms with Crippen molar-refractivity contribution in [1.82, 2.24) is 24.6 Å². The normalized spacial score (nSPS) is 17.0. The highest BCUT2D eigenvalue weighted by atomic mass is 32.2. The molecule has 1 N–H and O–H groups in total. The average molecular weight is 396 g/mol. The molecule has 2 atom stereocenters. The average Bonchev–Trinajstić information content (AvgIpc) is 3.04. The molecule has 2 unspecified atom stereocenters. The summed E-state index contributed by atoms with van der Waals surface area (Å²) in [7, 11) is -3.24. The molecule has 10 nitrogen and oxygen atoms in total. The molecule has 0 bridgehead atoms. The van der Waals surface area contributed by atoms with E-state index in [9.17, 15) is 23.3 Å². The molecule has 0 saturated carbocycles. The summed E-state index contributed by atoms with van der Waals surface area (Å²) in [5.41, 5.74) is 0.0983. The Morgan fingerprint density at radius 1 is 1.33 bits per heavy atom. The van der Waals surface area contributed by atoms with Gasteiger partial charge in [-0.05, 0) is 6.92 Å². The van der Waals surface area contributed by atoms with Crippen LogP contribution in [0.4, 0.5) is 4.39 Å². The fourth-order valence-electron chi connectivity index (χ4n) is 2.69. The quantitative estimate of drug-likeness (QED) is 0.762. The maximum atomic E-state index is 13.1. The van der Waals surface area contributed by atoms with E-state index in [1.54, 1.807) is 4.68 Å². The first kappa shape index (κ1) is 19.0. The molecular formula is C15H17FN6O4S. The van der Waals surface area contributed by atoms with E-state index < -0.39 is 33.6 Å². The van der Waals surface area contributed by atoms with E-state index in [0.717, 1.165) is 12.4 Å². The molecule has 27 heavy (non-hydrogen) atoms. The van der Waals surface area contributed by atoms with Gasteiger partial charge in [-0.2, -0.15) is 13.9 Å². The third-order valence-electron chi connectivity index (χ3n) is 3.99. The van der Waals surface area contributed by atoms with E-state index in [1.165, 1.54) is 24.3 Å². The summed E-state index contributed by atoms with van der Waals surface area (Å²) in [5.74, 6) is -2.38. The van der Waals surface area contributed by atoms with Crippen molar-refractivity contribution in [2.24, 2.45) is 4.36 Å². The number of aliphatic hydroxyl groups excluding tert-OH is 1. The summed E-state index contributed by atoms with van der Waals surface area (Å²) in [6, 6.07) is 0. The van der Waals surface area contributed by atoms with E-state index in [-0.39, 0.29) is 17.1 Å². The van der Waals surface area contributed by atoms with Crippen LogP contribution in [-0.2, 0) is 27.6 Å². The van der Waals surface area contributed by atoms with E-state index in [2.05, 4.69) is 19.4 Å². The Morgan fingerprint density at radius 3 is 2.74 bits per heavy atom. The monoisotopic (exact) mass is 396 g/mol. The van der Waals surface area contributed by atoms with Gasteiger partial charge in [-0.25, -0.2) is 9.19 Å². The topological polar surface area (TPSA) is 131 Å². The molecular weight excluding hydrogens is 379 g/mol. The van der Waals surface area contributed by atoms with Crippen molar-refractivity contribution >= 4 is 21.5 Å². The van der Waals surface area contributed by atoms with Crippen molar-refractivity contribution in [1.29, 1.82) is 0 Å². The van der Waals surface area contributed by atoms with Gasteiger partial charge < -0.3 is 10.0 Å². The minimum Gasteiger partial charge on any atom is -0.384 e. The zero-order chi connectivity index (χ0) is 19.8. The maximum absolute atomic E-state index is 13.1. The van der Waals surface area contributed by atoms with Crippen molar-refractivity contribution in [3.05, 3.63) is 35.9 Å². The molecule has 0 spiro atoms. The number of aliphatic hydroxyl groups is 1. The molecule has 0 radical (unpaired) electrons. The van der Waals surface area contributed by atoms with Gasteiger partial charge in [0.25, 0.3) is 5.91 Å². The smallest absolute Gasteiger partial charge is 0.305 e. The highest BCUT2D eigenvalue weighted by Crippen LogP contribution is 2.23. The van der Waals surface area contributed by atoms with Gasteiger partial charge >= 0.3 is 5.91 Å². The Hall–Kier alpha value is -2.73. The van der Waals surface area contributed by atoms with Crippen LogP contribution in [0.3, 0.4) is 0 Å². The molecule has 3 heterocycles. The van der Waals surface area contributed by atoms with Crippen LogP contribution in [0, 0.1) is 5.95 Å². The highest BCUT2D eigenvalue weighted by molar-refractivity contribution is 7.93. The highest BCUT2D eigenvalue weighted by Gasteiger charge is 2.29. The Morgan fingerprint density at radius 2 is 2.07 bits per heavy atom. The van der Waals surface area contributed by atoms with Crippen LogP contribution in [0.1, 0.15) is 23.1 Å². The Kier molecular flexibility index (Phi) is 5.02. The Balaban J connectivity index is 1.95. The number of halogens is 1. The number of nitrogens with zero attached hydrogens (tertiary/aromatic N) is 6. The van der Waals surface area contributed by atoms with Gasteiger partial charge in [-0.15, -0.1) is 0 Å². The zero-order valence-corrected chi connectivity index (χ0v) is 15.4. The van der Waals surface area contributed by atoms with Crippen molar-refractivity contribution in [3.63, 3.8) is 0 Å². The molecule has 0 saturated heterocycles. The van der Waals surface area contributed by atoms with Crippen LogP contribution in [0.5, 0.6) is 0 Å². The number of aromatic nitrogens is 4. The van der Waals surface area contributed by atoms with Gasteiger partial charge in [0.05, 0.1) is 52.0 Å². The fraction of sp³-hybridized carbons (Fsp3) is 0.400. The lowest BCUT2D eigenvalue weighted by atomic mass is 10.2. The molecule has 3 rings (SSSR count). The van der Waals surface area contributed by atoms with Gasteiger partial charge in [0, 0.05) is 12.8 Å². The Bertz CT molecular complexity index is 1030. The first-order valence-electron chi connectivity index (χ1n) is 7.94. The largest absolute Gasteiger partial charge is 0.384 e. The number of hydrogen-bond acceptors (Lipinski definition) is 7. The summed E-state index contributed by atoms with van der Waals surface area (Å²) in [5, 5.41) is 13.6. The SMILES string of the molecule is CC(O)C(=O)N1CCn2ncc(S(C)(=O)=NC(=O)c3cncc(F)n3)c2C1. The van der Waals surface area contributed by atoms with Crippen LogP contribution in [0.15, 0.2) is 27.8 Å². The van der Waals surface area contributed by atoms with Crippen LogP contribution in [-0.4, -0.2) is 64.7 Å². The molecule has 2 aromatic rings. The van der Waals surface area contributed by atoms with Crippen molar-refractivity contribution in [3.8, 4) is 0 Å². The zero-order valence-electron chi connectivity index (χ0n) is 14.6. The lowest BCUT2D eigenvalue weighted by molar-refractivity contribution is -0.140. The number of rotatable bonds is 3. The summed E-state index contributed by atoms with van der Waals surface area (Å²) < 4.78 is 31.5. The van der Waals surface area contributed by atoms with Gasteiger partial charge in [0.1, 0.15) is 6.10 Å². The fourth-order valence-corrected chi connectivity index (χ4v) is 4.05. The minimum atomic E-state index is -3.24. The lowest BCUT2D eigenvalue weighted by Crippen LogP contribution is -2.43. The van der Waals surface area contributed by atoms with Gasteiger partial charge in [0.2, 0.25) is 5.95 Å².